The van der Waals surface area contributed by atoms with Crippen molar-refractivity contribution in [1.29, 1.82) is 0 Å². The van der Waals surface area contributed by atoms with Gasteiger partial charge in [-0.25, -0.2) is 12.7 Å². The highest BCUT2D eigenvalue weighted by molar-refractivity contribution is 7.89. The Morgan fingerprint density at radius 3 is 2.77 bits per heavy atom. The Balaban J connectivity index is 1.69. The van der Waals surface area contributed by atoms with Crippen LogP contribution in [0.15, 0.2) is 29.2 Å². The van der Waals surface area contributed by atoms with Gasteiger partial charge in [-0.15, -0.1) is 10.2 Å². The van der Waals surface area contributed by atoms with Crippen LogP contribution in [0.5, 0.6) is 0 Å². The van der Waals surface area contributed by atoms with Gasteiger partial charge in [-0.2, -0.15) is 0 Å². The minimum absolute atomic E-state index is 0.276. The zero-order valence-electron chi connectivity index (χ0n) is 12.5. The lowest BCUT2D eigenvalue weighted by Gasteiger charge is -2.12. The zero-order chi connectivity index (χ0) is 15.7. The molecule has 1 saturated carbocycles. The molecule has 0 unspecified atom stereocenters. The van der Waals surface area contributed by atoms with Crippen molar-refractivity contribution in [2.24, 2.45) is 0 Å². The Labute approximate surface area is 134 Å². The lowest BCUT2D eigenvalue weighted by atomic mass is 10.3. The predicted molar refractivity (Wildman–Crippen MR) is 86.5 cm³/mol. The first kappa shape index (κ1) is 15.4. The molecule has 8 heteroatoms. The van der Waals surface area contributed by atoms with E-state index >= 15 is 0 Å². The van der Waals surface area contributed by atoms with E-state index in [1.165, 1.54) is 31.2 Å². The summed E-state index contributed by atoms with van der Waals surface area (Å²) in [5, 5.41) is 13.6. The van der Waals surface area contributed by atoms with Crippen LogP contribution in [0.4, 0.5) is 5.69 Å². The lowest BCUT2D eigenvalue weighted by Crippen LogP contribution is -2.22. The van der Waals surface area contributed by atoms with Crippen LogP contribution >= 0.6 is 11.3 Å². The molecule has 22 heavy (non-hydrogen) atoms. The van der Waals surface area contributed by atoms with E-state index in [9.17, 15) is 8.42 Å². The summed E-state index contributed by atoms with van der Waals surface area (Å²) in [5.41, 5.74) is 0.756. The maximum absolute atomic E-state index is 12.1. The average molecular weight is 338 g/mol. The summed E-state index contributed by atoms with van der Waals surface area (Å²) in [4.78, 5) is 0.276. The van der Waals surface area contributed by atoms with Crippen LogP contribution in [-0.2, 0) is 16.6 Å². The number of sulfonamides is 1. The van der Waals surface area contributed by atoms with Crippen molar-refractivity contribution >= 4 is 27.0 Å². The highest BCUT2D eigenvalue weighted by Crippen LogP contribution is 2.41. The summed E-state index contributed by atoms with van der Waals surface area (Å²) >= 11 is 1.63. The van der Waals surface area contributed by atoms with Gasteiger partial charge in [-0.3, -0.25) is 0 Å². The molecule has 1 aromatic carbocycles. The summed E-state index contributed by atoms with van der Waals surface area (Å²) in [7, 11) is -0.365. The zero-order valence-corrected chi connectivity index (χ0v) is 14.1. The first-order valence-electron chi connectivity index (χ1n) is 7.05. The van der Waals surface area contributed by atoms with Crippen molar-refractivity contribution in [3.05, 3.63) is 34.3 Å². The van der Waals surface area contributed by atoms with Gasteiger partial charge in [0.25, 0.3) is 0 Å². The summed E-state index contributed by atoms with van der Waals surface area (Å²) < 4.78 is 25.5. The molecule has 1 fully saturated rings. The normalized spacial score (nSPS) is 15.2. The monoisotopic (exact) mass is 338 g/mol. The average Bonchev–Trinajstić information content (AvgIpc) is 3.24. The van der Waals surface area contributed by atoms with Crippen LogP contribution in [0.1, 0.15) is 28.8 Å². The summed E-state index contributed by atoms with van der Waals surface area (Å²) in [5.74, 6) is 0.611. The van der Waals surface area contributed by atoms with Crippen LogP contribution in [0, 0.1) is 0 Å². The van der Waals surface area contributed by atoms with Crippen LogP contribution < -0.4 is 5.32 Å². The van der Waals surface area contributed by atoms with Crippen molar-refractivity contribution in [1.82, 2.24) is 14.5 Å². The Bertz CT molecular complexity index is 767. The number of rotatable bonds is 6. The van der Waals surface area contributed by atoms with E-state index in [1.54, 1.807) is 29.5 Å². The molecule has 1 N–H and O–H groups in total. The number of nitrogens with one attached hydrogen (secondary N) is 1. The molecule has 0 aliphatic heterocycles. The van der Waals surface area contributed by atoms with E-state index in [-0.39, 0.29) is 4.90 Å². The van der Waals surface area contributed by atoms with Crippen molar-refractivity contribution in [3.8, 4) is 0 Å². The summed E-state index contributed by atoms with van der Waals surface area (Å²) in [6.07, 6.45) is 2.43. The minimum atomic E-state index is -3.41. The van der Waals surface area contributed by atoms with Crippen LogP contribution in [0.3, 0.4) is 0 Å². The van der Waals surface area contributed by atoms with Gasteiger partial charge in [-0.1, -0.05) is 17.4 Å². The molecule has 0 spiro atoms. The highest BCUT2D eigenvalue weighted by Gasteiger charge is 2.27. The summed E-state index contributed by atoms with van der Waals surface area (Å²) in [6, 6.07) is 6.81. The maximum Gasteiger partial charge on any atom is 0.242 e. The molecule has 0 radical (unpaired) electrons. The fraction of sp³-hybridized carbons (Fsp3) is 0.429. The van der Waals surface area contributed by atoms with Crippen LogP contribution in [0.25, 0.3) is 0 Å². The van der Waals surface area contributed by atoms with Gasteiger partial charge in [0, 0.05) is 25.7 Å². The number of hydrogen-bond acceptors (Lipinski definition) is 6. The second kappa shape index (κ2) is 5.94. The van der Waals surface area contributed by atoms with Gasteiger partial charge < -0.3 is 5.32 Å². The standard InChI is InChI=1S/C14H18N4O2S2/c1-18(2)22(19,20)12-5-3-4-11(8-12)15-9-13-16-17-14(21-13)10-6-7-10/h3-5,8,10,15H,6-7,9H2,1-2H3. The van der Waals surface area contributed by atoms with Gasteiger partial charge in [0.2, 0.25) is 10.0 Å². The molecule has 6 nitrogen and oxygen atoms in total. The van der Waals surface area contributed by atoms with E-state index in [4.69, 9.17) is 0 Å². The maximum atomic E-state index is 12.1. The lowest BCUT2D eigenvalue weighted by molar-refractivity contribution is 0.521. The minimum Gasteiger partial charge on any atom is -0.378 e. The van der Waals surface area contributed by atoms with Gasteiger partial charge in [0.05, 0.1) is 11.4 Å². The molecule has 1 aliphatic rings. The van der Waals surface area contributed by atoms with E-state index in [0.29, 0.717) is 12.5 Å². The van der Waals surface area contributed by atoms with Crippen LogP contribution in [-0.4, -0.2) is 37.0 Å². The molecule has 1 aromatic heterocycles. The third-order valence-corrected chi connectivity index (χ3v) is 6.36. The number of anilines is 1. The predicted octanol–water partition coefficient (Wildman–Crippen LogP) is 2.28. The molecule has 2 aromatic rings. The third-order valence-electron chi connectivity index (χ3n) is 3.47. The van der Waals surface area contributed by atoms with Crippen molar-refractivity contribution in [3.63, 3.8) is 0 Å². The van der Waals surface area contributed by atoms with Crippen LogP contribution in [0.2, 0.25) is 0 Å². The Kier molecular flexibility index (Phi) is 4.16. The molecule has 0 amide bonds. The Morgan fingerprint density at radius 2 is 2.09 bits per heavy atom. The Hall–Kier alpha value is -1.51. The van der Waals surface area contributed by atoms with Crippen molar-refractivity contribution in [2.75, 3.05) is 19.4 Å². The first-order chi connectivity index (χ1) is 10.5. The second-order valence-corrected chi connectivity index (χ2v) is 8.72. The molecule has 1 heterocycles. The van der Waals surface area contributed by atoms with E-state index < -0.39 is 10.0 Å². The third kappa shape index (κ3) is 3.29. The van der Waals surface area contributed by atoms with Gasteiger partial charge in [0.15, 0.2) is 0 Å². The van der Waals surface area contributed by atoms with Gasteiger partial charge in [-0.05, 0) is 31.0 Å². The highest BCUT2D eigenvalue weighted by atomic mass is 32.2. The fourth-order valence-corrected chi connectivity index (χ4v) is 3.89. The second-order valence-electron chi connectivity index (χ2n) is 5.48. The van der Waals surface area contributed by atoms with E-state index in [1.807, 2.05) is 6.07 Å². The van der Waals surface area contributed by atoms with Gasteiger partial charge >= 0.3 is 0 Å². The van der Waals surface area contributed by atoms with Crippen molar-refractivity contribution < 1.29 is 8.42 Å². The largest absolute Gasteiger partial charge is 0.378 e. The van der Waals surface area contributed by atoms with Gasteiger partial charge in [0.1, 0.15) is 10.0 Å². The SMILES string of the molecule is CN(C)S(=O)(=O)c1cccc(NCc2nnc(C3CC3)s2)c1. The molecule has 3 rings (SSSR count). The molecular weight excluding hydrogens is 320 g/mol. The quantitative estimate of drug-likeness (QED) is 0.874. The number of benzene rings is 1. The first-order valence-corrected chi connectivity index (χ1v) is 9.31. The Morgan fingerprint density at radius 1 is 1.32 bits per heavy atom. The molecule has 1 aliphatic carbocycles. The molecular formula is C14H18N4O2S2. The van der Waals surface area contributed by atoms with E-state index in [0.717, 1.165) is 15.7 Å². The van der Waals surface area contributed by atoms with Crippen molar-refractivity contribution in [2.45, 2.75) is 30.2 Å². The number of nitrogens with zero attached hydrogens (tertiary/aromatic N) is 3. The smallest absolute Gasteiger partial charge is 0.242 e. The molecule has 118 valence electrons. The van der Waals surface area contributed by atoms with E-state index in [2.05, 4.69) is 15.5 Å². The molecule has 0 bridgehead atoms. The summed E-state index contributed by atoms with van der Waals surface area (Å²) in [6.45, 7) is 0.551. The number of hydrogen-bond donors (Lipinski definition) is 1. The fourth-order valence-electron chi connectivity index (χ4n) is 1.99. The topological polar surface area (TPSA) is 75.2 Å². The molecule has 0 atom stereocenters. The number of aromatic nitrogens is 2. The molecule has 0 saturated heterocycles.